The molecule has 1 aromatic carbocycles. The zero-order chi connectivity index (χ0) is 33.5. The van der Waals surface area contributed by atoms with Gasteiger partial charge in [0.15, 0.2) is 11.5 Å². The summed E-state index contributed by atoms with van der Waals surface area (Å²) < 4.78 is 60.5. The number of rotatable bonds is 20. The predicted octanol–water partition coefficient (Wildman–Crippen LogP) is 8.82. The minimum atomic E-state index is -3.71. The lowest BCUT2D eigenvalue weighted by Gasteiger charge is -2.38. The van der Waals surface area contributed by atoms with Gasteiger partial charge in [-0.3, -0.25) is 0 Å². The maximum Gasteiger partial charge on any atom is 0.586 e. The van der Waals surface area contributed by atoms with Crippen molar-refractivity contribution >= 4 is 11.9 Å². The molecule has 8 nitrogen and oxygen atoms in total. The van der Waals surface area contributed by atoms with Gasteiger partial charge in [0.1, 0.15) is 0 Å². The number of alkyl halides is 2. The summed E-state index contributed by atoms with van der Waals surface area (Å²) in [5.74, 6) is 1.11. The molecule has 2 fully saturated rings. The first-order valence-electron chi connectivity index (χ1n) is 17.5. The highest BCUT2D eigenvalue weighted by atomic mass is 19.3. The summed E-state index contributed by atoms with van der Waals surface area (Å²) >= 11 is 0. The molecule has 0 amide bonds. The number of unbranched alkanes of at least 4 members (excludes halogenated alkanes) is 6. The van der Waals surface area contributed by atoms with Gasteiger partial charge in [0.2, 0.25) is 5.75 Å². The van der Waals surface area contributed by atoms with E-state index < -0.39 is 12.3 Å². The molecule has 0 N–H and O–H groups in total. The Morgan fingerprint density at radius 3 is 1.79 bits per heavy atom. The Morgan fingerprint density at radius 1 is 0.702 bits per heavy atom. The van der Waals surface area contributed by atoms with Crippen molar-refractivity contribution < 1.29 is 46.8 Å². The summed E-state index contributed by atoms with van der Waals surface area (Å²) in [4.78, 5) is 22.1. The van der Waals surface area contributed by atoms with Crippen molar-refractivity contribution in [3.05, 3.63) is 43.0 Å². The van der Waals surface area contributed by atoms with Gasteiger partial charge in [-0.2, -0.15) is 0 Å². The molecule has 1 aliphatic heterocycles. The van der Waals surface area contributed by atoms with Gasteiger partial charge in [-0.25, -0.2) is 9.59 Å². The monoisotopic (exact) mass is 662 g/mol. The quantitative estimate of drug-likeness (QED) is 0.0778. The van der Waals surface area contributed by atoms with Gasteiger partial charge >= 0.3 is 18.2 Å². The molecule has 0 spiro atoms. The van der Waals surface area contributed by atoms with Crippen LogP contribution in [0.25, 0.3) is 0 Å². The first-order chi connectivity index (χ1) is 22.8. The zero-order valence-corrected chi connectivity index (χ0v) is 27.7. The van der Waals surface area contributed by atoms with Crippen LogP contribution in [0.2, 0.25) is 0 Å². The van der Waals surface area contributed by atoms with E-state index in [4.69, 9.17) is 28.4 Å². The van der Waals surface area contributed by atoms with E-state index in [0.717, 1.165) is 108 Å². The van der Waals surface area contributed by atoms with Gasteiger partial charge in [-0.1, -0.05) is 25.6 Å². The predicted molar refractivity (Wildman–Crippen MR) is 174 cm³/mol. The second-order valence-electron chi connectivity index (χ2n) is 12.9. The maximum absolute atomic E-state index is 14.3. The van der Waals surface area contributed by atoms with E-state index in [0.29, 0.717) is 37.8 Å². The molecule has 0 bridgehead atoms. The largest absolute Gasteiger partial charge is 0.586 e. The molecular formula is C37H52F2O8. The van der Waals surface area contributed by atoms with Gasteiger partial charge in [-0.05, 0) is 120 Å². The van der Waals surface area contributed by atoms with Gasteiger partial charge in [0.05, 0.1) is 25.9 Å². The van der Waals surface area contributed by atoms with Crippen molar-refractivity contribution in [2.24, 2.45) is 11.8 Å². The van der Waals surface area contributed by atoms with Crippen molar-refractivity contribution in [1.82, 2.24) is 0 Å². The molecular weight excluding hydrogens is 610 g/mol. The first kappa shape index (κ1) is 36.7. The smallest absolute Gasteiger partial charge is 0.490 e. The van der Waals surface area contributed by atoms with E-state index >= 15 is 0 Å². The highest BCUT2D eigenvalue weighted by Crippen LogP contribution is 2.54. The number of hydrogen-bond acceptors (Lipinski definition) is 8. The van der Waals surface area contributed by atoms with E-state index in [1.165, 1.54) is 18.9 Å². The standard InChI is InChI=1S/C37H52F2O8/c1-3-33(40)44-25-11-7-5-9-23-42-30-19-17-28(18-20-30)27-13-15-29(16-14-27)31-21-22-32(36-35(31)46-37(38,39)47-36)43-24-10-6-8-12-26-45-34(41)4-2/h3-4,21-22,27-30H,1-2,5-20,23-26H2. The Balaban J connectivity index is 1.14. The lowest BCUT2D eigenvalue weighted by atomic mass is 9.69. The molecule has 3 aliphatic rings. The summed E-state index contributed by atoms with van der Waals surface area (Å²) in [6, 6.07) is 3.61. The highest BCUT2D eigenvalue weighted by Gasteiger charge is 2.47. The summed E-state index contributed by atoms with van der Waals surface area (Å²) in [5.41, 5.74) is 0.784. The Bertz CT molecular complexity index is 1160. The van der Waals surface area contributed by atoms with Crippen molar-refractivity contribution in [3.8, 4) is 17.2 Å². The average Bonchev–Trinajstić information content (AvgIpc) is 3.42. The number of carbonyl (C=O) groups excluding carboxylic acids is 2. The number of benzene rings is 1. The normalized spacial score (nSPS) is 23.1. The van der Waals surface area contributed by atoms with E-state index in [-0.39, 0.29) is 29.1 Å². The average molecular weight is 663 g/mol. The number of fused-ring (bicyclic) bond motifs is 1. The number of esters is 2. The van der Waals surface area contributed by atoms with Crippen molar-refractivity contribution in [3.63, 3.8) is 0 Å². The van der Waals surface area contributed by atoms with E-state index in [1.54, 1.807) is 6.07 Å². The van der Waals surface area contributed by atoms with Gasteiger partial charge in [0, 0.05) is 24.3 Å². The maximum atomic E-state index is 14.3. The molecule has 1 aromatic rings. The SMILES string of the molecule is C=CC(=O)OCCCCCCOc1ccc(C2CCC(C3CCC(OCCCCCCOC(=O)C=C)CC3)CC2)c2c1OC(F)(F)O2. The van der Waals surface area contributed by atoms with E-state index in [2.05, 4.69) is 13.2 Å². The van der Waals surface area contributed by atoms with Gasteiger partial charge in [-0.15, -0.1) is 8.78 Å². The second kappa shape index (κ2) is 19.0. The second-order valence-corrected chi connectivity index (χ2v) is 12.9. The lowest BCUT2D eigenvalue weighted by molar-refractivity contribution is -0.287. The summed E-state index contributed by atoms with van der Waals surface area (Å²) in [6.07, 6.45) is 14.7. The van der Waals surface area contributed by atoms with Gasteiger partial charge in [0.25, 0.3) is 0 Å². The molecule has 2 saturated carbocycles. The first-order valence-corrected chi connectivity index (χ1v) is 17.5. The fourth-order valence-electron chi connectivity index (χ4n) is 7.09. The van der Waals surface area contributed by atoms with Crippen LogP contribution in [0.15, 0.2) is 37.4 Å². The minimum Gasteiger partial charge on any atom is -0.490 e. The third kappa shape index (κ3) is 11.8. The molecule has 0 unspecified atom stereocenters. The molecule has 10 heteroatoms. The van der Waals surface area contributed by atoms with Crippen LogP contribution in [0.3, 0.4) is 0 Å². The molecule has 0 saturated heterocycles. The van der Waals surface area contributed by atoms with Crippen LogP contribution >= 0.6 is 0 Å². The van der Waals surface area contributed by atoms with Crippen LogP contribution in [0.1, 0.15) is 114 Å². The van der Waals surface area contributed by atoms with Gasteiger partial charge < -0.3 is 28.4 Å². The number of ether oxygens (including phenoxy) is 6. The molecule has 47 heavy (non-hydrogen) atoms. The molecule has 1 heterocycles. The number of halogens is 2. The fourth-order valence-corrected chi connectivity index (χ4v) is 7.09. The topological polar surface area (TPSA) is 89.5 Å². The third-order valence-corrected chi connectivity index (χ3v) is 9.66. The molecule has 0 aromatic heterocycles. The molecule has 2 aliphatic carbocycles. The number of carbonyl (C=O) groups is 2. The molecule has 0 atom stereocenters. The van der Waals surface area contributed by atoms with Crippen LogP contribution < -0.4 is 14.2 Å². The Kier molecular flexibility index (Phi) is 14.8. The molecule has 4 rings (SSSR count). The van der Waals surface area contributed by atoms with Crippen LogP contribution in [0.5, 0.6) is 17.2 Å². The lowest BCUT2D eigenvalue weighted by Crippen LogP contribution is -2.28. The highest BCUT2D eigenvalue weighted by molar-refractivity contribution is 5.81. The Morgan fingerprint density at radius 2 is 1.21 bits per heavy atom. The van der Waals surface area contributed by atoms with Crippen LogP contribution in [-0.4, -0.2) is 50.8 Å². The molecule has 0 radical (unpaired) electrons. The third-order valence-electron chi connectivity index (χ3n) is 9.66. The Labute approximate surface area is 278 Å². The minimum absolute atomic E-state index is 0.00157. The van der Waals surface area contributed by atoms with Crippen molar-refractivity contribution in [1.29, 1.82) is 0 Å². The summed E-state index contributed by atoms with van der Waals surface area (Å²) in [5, 5.41) is 0. The fraction of sp³-hybridized carbons (Fsp3) is 0.676. The summed E-state index contributed by atoms with van der Waals surface area (Å²) in [6.45, 7) is 8.70. The van der Waals surface area contributed by atoms with Crippen molar-refractivity contribution in [2.75, 3.05) is 26.4 Å². The van der Waals surface area contributed by atoms with Crippen LogP contribution in [0.4, 0.5) is 8.78 Å². The van der Waals surface area contributed by atoms with Crippen molar-refractivity contribution in [2.45, 2.75) is 121 Å². The van der Waals surface area contributed by atoms with Crippen LogP contribution in [-0.2, 0) is 23.8 Å². The molecule has 262 valence electrons. The summed E-state index contributed by atoms with van der Waals surface area (Å²) in [7, 11) is 0. The zero-order valence-electron chi connectivity index (χ0n) is 27.7. The Hall–Kier alpha value is -3.14. The number of hydrogen-bond donors (Lipinski definition) is 0. The van der Waals surface area contributed by atoms with Crippen LogP contribution in [0, 0.1) is 11.8 Å². The van der Waals surface area contributed by atoms with E-state index in [1.807, 2.05) is 6.07 Å². The van der Waals surface area contributed by atoms with E-state index in [9.17, 15) is 18.4 Å².